The van der Waals surface area contributed by atoms with Crippen LogP contribution < -0.4 is 5.32 Å². The molecule has 0 radical (unpaired) electrons. The Morgan fingerprint density at radius 2 is 2.24 bits per heavy atom. The van der Waals surface area contributed by atoms with Crippen molar-refractivity contribution in [3.63, 3.8) is 0 Å². The summed E-state index contributed by atoms with van der Waals surface area (Å²) in [6.07, 6.45) is 3.36. The quantitative estimate of drug-likeness (QED) is 0.861. The Kier molecular flexibility index (Phi) is 3.81. The van der Waals surface area contributed by atoms with Gasteiger partial charge in [0.15, 0.2) is 0 Å². The maximum Gasteiger partial charge on any atom is 0.0672 e. The molecule has 3 atom stereocenters. The first-order chi connectivity index (χ1) is 8.20. The molecule has 1 aromatic carbocycles. The van der Waals surface area contributed by atoms with E-state index in [2.05, 4.69) is 49.5 Å². The van der Waals surface area contributed by atoms with Gasteiger partial charge in [0.1, 0.15) is 0 Å². The predicted octanol–water partition coefficient (Wildman–Crippen LogP) is 3.34. The van der Waals surface area contributed by atoms with Crippen LogP contribution in [0.1, 0.15) is 43.4 Å². The Labute approximate surface area is 104 Å². The largest absolute Gasteiger partial charge is 0.306 e. The van der Waals surface area contributed by atoms with E-state index < -0.39 is 0 Å². The van der Waals surface area contributed by atoms with Crippen molar-refractivity contribution in [1.82, 2.24) is 5.32 Å². The summed E-state index contributed by atoms with van der Waals surface area (Å²) in [7, 11) is 0. The first kappa shape index (κ1) is 12.1. The molecule has 2 rings (SSSR count). The summed E-state index contributed by atoms with van der Waals surface area (Å²) >= 11 is 0. The number of hydrogen-bond donors (Lipinski definition) is 1. The second-order valence-electron chi connectivity index (χ2n) is 5.08. The molecule has 2 nitrogen and oxygen atoms in total. The molecule has 1 aromatic rings. The Morgan fingerprint density at radius 1 is 1.41 bits per heavy atom. The van der Waals surface area contributed by atoms with Crippen molar-refractivity contribution in [3.05, 3.63) is 35.4 Å². The van der Waals surface area contributed by atoms with E-state index >= 15 is 0 Å². The predicted molar refractivity (Wildman–Crippen MR) is 69.5 cm³/mol. The van der Waals surface area contributed by atoms with Crippen LogP contribution in [0.15, 0.2) is 24.3 Å². The van der Waals surface area contributed by atoms with Crippen LogP contribution in [0.5, 0.6) is 0 Å². The smallest absolute Gasteiger partial charge is 0.0672 e. The van der Waals surface area contributed by atoms with Crippen LogP contribution in [-0.4, -0.2) is 6.04 Å². The van der Waals surface area contributed by atoms with Crippen molar-refractivity contribution in [2.75, 3.05) is 0 Å². The highest BCUT2D eigenvalue weighted by atomic mass is 15.0. The van der Waals surface area contributed by atoms with Gasteiger partial charge in [0.25, 0.3) is 0 Å². The summed E-state index contributed by atoms with van der Waals surface area (Å²) in [5, 5.41) is 12.7. The minimum atomic E-state index is 0.197. The molecule has 1 N–H and O–H groups in total. The number of hydrogen-bond acceptors (Lipinski definition) is 2. The molecular formula is C15H20N2. The van der Waals surface area contributed by atoms with Crippen molar-refractivity contribution in [2.45, 2.75) is 45.2 Å². The second-order valence-corrected chi connectivity index (χ2v) is 5.08. The summed E-state index contributed by atoms with van der Waals surface area (Å²) in [6, 6.07) is 11.7. The summed E-state index contributed by atoms with van der Waals surface area (Å²) < 4.78 is 0. The number of nitrogens with zero attached hydrogens (tertiary/aromatic N) is 1. The summed E-state index contributed by atoms with van der Waals surface area (Å²) in [4.78, 5) is 0. The van der Waals surface area contributed by atoms with Gasteiger partial charge in [0, 0.05) is 12.1 Å². The SMILES string of the molecule is Cc1cccc([C@@H](C)NC2CCCC2C#N)c1. The Balaban J connectivity index is 2.02. The zero-order chi connectivity index (χ0) is 12.3. The molecule has 0 aliphatic heterocycles. The molecule has 90 valence electrons. The number of benzene rings is 1. The molecule has 0 spiro atoms. The molecule has 2 heteroatoms. The molecule has 1 aliphatic carbocycles. The van der Waals surface area contributed by atoms with Gasteiger partial charge in [-0.1, -0.05) is 36.2 Å². The van der Waals surface area contributed by atoms with Crippen molar-refractivity contribution in [2.24, 2.45) is 5.92 Å². The molecule has 1 aliphatic rings. The van der Waals surface area contributed by atoms with E-state index in [1.807, 2.05) is 0 Å². The molecule has 0 saturated heterocycles. The highest BCUT2D eigenvalue weighted by Gasteiger charge is 2.28. The van der Waals surface area contributed by atoms with E-state index in [0.29, 0.717) is 12.1 Å². The van der Waals surface area contributed by atoms with Crippen LogP contribution in [-0.2, 0) is 0 Å². The molecular weight excluding hydrogens is 208 g/mol. The monoisotopic (exact) mass is 228 g/mol. The lowest BCUT2D eigenvalue weighted by atomic mass is 10.0. The zero-order valence-electron chi connectivity index (χ0n) is 10.6. The van der Waals surface area contributed by atoms with Crippen LogP contribution >= 0.6 is 0 Å². The van der Waals surface area contributed by atoms with Gasteiger partial charge >= 0.3 is 0 Å². The van der Waals surface area contributed by atoms with Gasteiger partial charge in [-0.3, -0.25) is 0 Å². The van der Waals surface area contributed by atoms with Crippen LogP contribution in [0.3, 0.4) is 0 Å². The summed E-state index contributed by atoms with van der Waals surface area (Å²) in [5.74, 6) is 0.197. The van der Waals surface area contributed by atoms with Gasteiger partial charge in [-0.15, -0.1) is 0 Å². The number of aryl methyl sites for hydroxylation is 1. The third-order valence-electron chi connectivity index (χ3n) is 3.69. The standard InChI is InChI=1S/C15H20N2/c1-11-5-3-6-13(9-11)12(2)17-15-8-4-7-14(15)10-16/h3,5-6,9,12,14-15,17H,4,7-8H2,1-2H3/t12-,14?,15?/m1/s1. The lowest BCUT2D eigenvalue weighted by Gasteiger charge is -2.22. The van der Waals surface area contributed by atoms with Crippen molar-refractivity contribution in [3.8, 4) is 6.07 Å². The van der Waals surface area contributed by atoms with Crippen LogP contribution in [0.25, 0.3) is 0 Å². The van der Waals surface area contributed by atoms with Gasteiger partial charge in [-0.25, -0.2) is 0 Å². The molecule has 0 heterocycles. The fourth-order valence-electron chi connectivity index (χ4n) is 2.67. The third-order valence-corrected chi connectivity index (χ3v) is 3.69. The minimum absolute atomic E-state index is 0.197. The highest BCUT2D eigenvalue weighted by Crippen LogP contribution is 2.27. The van der Waals surface area contributed by atoms with Gasteiger partial charge in [-0.2, -0.15) is 5.26 Å². The maximum atomic E-state index is 9.07. The van der Waals surface area contributed by atoms with E-state index in [9.17, 15) is 0 Å². The lowest BCUT2D eigenvalue weighted by Crippen LogP contribution is -2.33. The van der Waals surface area contributed by atoms with E-state index in [0.717, 1.165) is 12.8 Å². The van der Waals surface area contributed by atoms with Gasteiger partial charge in [-0.05, 0) is 32.3 Å². The number of nitrogens with one attached hydrogen (secondary N) is 1. The van der Waals surface area contributed by atoms with E-state index in [4.69, 9.17) is 5.26 Å². The first-order valence-electron chi connectivity index (χ1n) is 6.43. The molecule has 2 unspecified atom stereocenters. The average Bonchev–Trinajstić information content (AvgIpc) is 2.76. The lowest BCUT2D eigenvalue weighted by molar-refractivity contribution is 0.417. The van der Waals surface area contributed by atoms with Gasteiger partial charge in [0.05, 0.1) is 12.0 Å². The average molecular weight is 228 g/mol. The first-order valence-corrected chi connectivity index (χ1v) is 6.43. The van der Waals surface area contributed by atoms with Crippen molar-refractivity contribution in [1.29, 1.82) is 5.26 Å². The van der Waals surface area contributed by atoms with Crippen molar-refractivity contribution >= 4 is 0 Å². The van der Waals surface area contributed by atoms with E-state index in [1.54, 1.807) is 0 Å². The van der Waals surface area contributed by atoms with Crippen LogP contribution in [0, 0.1) is 24.2 Å². The Hall–Kier alpha value is -1.33. The summed E-state index contributed by atoms with van der Waals surface area (Å²) in [6.45, 7) is 4.30. The van der Waals surface area contributed by atoms with Gasteiger partial charge in [0.2, 0.25) is 0 Å². The maximum absolute atomic E-state index is 9.07. The molecule has 17 heavy (non-hydrogen) atoms. The minimum Gasteiger partial charge on any atom is -0.306 e. The highest BCUT2D eigenvalue weighted by molar-refractivity contribution is 5.24. The van der Waals surface area contributed by atoms with E-state index in [1.165, 1.54) is 17.5 Å². The molecule has 0 aromatic heterocycles. The normalized spacial score (nSPS) is 25.5. The Bertz CT molecular complexity index is 419. The fourth-order valence-corrected chi connectivity index (χ4v) is 2.67. The number of nitriles is 1. The van der Waals surface area contributed by atoms with E-state index in [-0.39, 0.29) is 5.92 Å². The molecule has 1 saturated carbocycles. The molecule has 0 amide bonds. The van der Waals surface area contributed by atoms with Crippen LogP contribution in [0.4, 0.5) is 0 Å². The second kappa shape index (κ2) is 5.33. The molecule has 1 fully saturated rings. The zero-order valence-corrected chi connectivity index (χ0v) is 10.6. The molecule has 0 bridgehead atoms. The summed E-state index contributed by atoms with van der Waals surface area (Å²) in [5.41, 5.74) is 2.60. The third kappa shape index (κ3) is 2.87. The Morgan fingerprint density at radius 3 is 2.94 bits per heavy atom. The topological polar surface area (TPSA) is 35.8 Å². The van der Waals surface area contributed by atoms with Crippen LogP contribution in [0.2, 0.25) is 0 Å². The van der Waals surface area contributed by atoms with Crippen molar-refractivity contribution < 1.29 is 0 Å². The van der Waals surface area contributed by atoms with Gasteiger partial charge < -0.3 is 5.32 Å². The number of rotatable bonds is 3. The fraction of sp³-hybridized carbons (Fsp3) is 0.533.